The van der Waals surface area contributed by atoms with E-state index >= 15 is 0 Å². The minimum atomic E-state index is -0.223. The Labute approximate surface area is 190 Å². The topological polar surface area (TPSA) is 41.9 Å². The second kappa shape index (κ2) is 8.07. The molecule has 0 saturated carbocycles. The van der Waals surface area contributed by atoms with E-state index in [2.05, 4.69) is 41.6 Å². The van der Waals surface area contributed by atoms with Crippen molar-refractivity contribution >= 4 is 11.5 Å². The van der Waals surface area contributed by atoms with Crippen LogP contribution in [0.3, 0.4) is 0 Å². The van der Waals surface area contributed by atoms with Crippen LogP contribution in [-0.4, -0.2) is 35.0 Å². The van der Waals surface area contributed by atoms with Crippen molar-refractivity contribution < 1.29 is 9.53 Å². The van der Waals surface area contributed by atoms with E-state index < -0.39 is 0 Å². The number of hydrogen-bond donors (Lipinski definition) is 0. The summed E-state index contributed by atoms with van der Waals surface area (Å²) in [6.45, 7) is 9.18. The molecule has 0 N–H and O–H groups in total. The number of aryl methyl sites for hydroxylation is 1. The fourth-order valence-electron chi connectivity index (χ4n) is 4.66. The van der Waals surface area contributed by atoms with Gasteiger partial charge in [-0.25, -0.2) is 0 Å². The Hall–Kier alpha value is -3.16. The van der Waals surface area contributed by atoms with Gasteiger partial charge in [0.05, 0.1) is 28.9 Å². The SMILES string of the molecule is Cc1ccc2c(c1C#CC(C)(C)N1CCCCC1)O/C(=C\C1=NCc3ccccc31)C2=O. The summed E-state index contributed by atoms with van der Waals surface area (Å²) in [7, 11) is 0. The van der Waals surface area contributed by atoms with Crippen LogP contribution >= 0.6 is 0 Å². The fraction of sp³-hybridized carbons (Fsp3) is 0.357. The summed E-state index contributed by atoms with van der Waals surface area (Å²) in [5, 5.41) is 0. The Bertz CT molecular complexity index is 1220. The van der Waals surface area contributed by atoms with Crippen LogP contribution in [0, 0.1) is 18.8 Å². The molecule has 0 amide bonds. The molecule has 32 heavy (non-hydrogen) atoms. The zero-order valence-corrected chi connectivity index (χ0v) is 19.0. The molecule has 2 aromatic rings. The van der Waals surface area contributed by atoms with Crippen LogP contribution in [0.15, 0.2) is 53.2 Å². The molecule has 3 aliphatic heterocycles. The standard InChI is InChI=1S/C28H28N2O2/c1-19-11-12-23-26(31)25(17-24-22-10-6-5-9-20(22)18-29-24)32-27(23)21(19)13-14-28(2,3)30-15-7-4-8-16-30/h5-6,9-12,17H,4,7-8,15-16,18H2,1-3H3/b25-17-. The Morgan fingerprint density at radius 1 is 1.06 bits per heavy atom. The van der Waals surface area contributed by atoms with Crippen molar-refractivity contribution in [2.45, 2.75) is 52.1 Å². The molecule has 3 heterocycles. The predicted octanol–water partition coefficient (Wildman–Crippen LogP) is 5.07. The van der Waals surface area contributed by atoms with Gasteiger partial charge in [0.15, 0.2) is 11.5 Å². The number of nitrogens with zero attached hydrogens (tertiary/aromatic N) is 2. The van der Waals surface area contributed by atoms with Crippen LogP contribution in [0.5, 0.6) is 5.75 Å². The van der Waals surface area contributed by atoms with Crippen molar-refractivity contribution in [3.8, 4) is 17.6 Å². The van der Waals surface area contributed by atoms with Crippen LogP contribution in [-0.2, 0) is 6.54 Å². The number of ether oxygens (including phenoxy) is 1. The third-order valence-electron chi connectivity index (χ3n) is 6.67. The maximum Gasteiger partial charge on any atom is 0.232 e. The molecule has 5 rings (SSSR count). The molecule has 0 atom stereocenters. The van der Waals surface area contributed by atoms with Gasteiger partial charge >= 0.3 is 0 Å². The van der Waals surface area contributed by atoms with E-state index in [0.29, 0.717) is 23.6 Å². The highest BCUT2D eigenvalue weighted by molar-refractivity contribution is 6.19. The van der Waals surface area contributed by atoms with Gasteiger partial charge in [-0.3, -0.25) is 14.7 Å². The summed E-state index contributed by atoms with van der Waals surface area (Å²) < 4.78 is 6.13. The number of benzene rings is 2. The van der Waals surface area contributed by atoms with Crippen molar-refractivity contribution in [1.29, 1.82) is 0 Å². The molecule has 1 fully saturated rings. The molecule has 4 heteroatoms. The zero-order valence-electron chi connectivity index (χ0n) is 19.0. The van der Waals surface area contributed by atoms with E-state index in [4.69, 9.17) is 4.74 Å². The molecule has 1 saturated heterocycles. The maximum atomic E-state index is 13.1. The first-order chi connectivity index (χ1) is 15.4. The Kier molecular flexibility index (Phi) is 5.23. The maximum absolute atomic E-state index is 13.1. The molecule has 0 unspecified atom stereocenters. The van der Waals surface area contributed by atoms with Gasteiger partial charge in [-0.15, -0.1) is 0 Å². The lowest BCUT2D eigenvalue weighted by molar-refractivity contribution is 0.101. The Morgan fingerprint density at radius 2 is 1.84 bits per heavy atom. The van der Waals surface area contributed by atoms with Gasteiger partial charge in [0.1, 0.15) is 0 Å². The van der Waals surface area contributed by atoms with Gasteiger partial charge in [0.2, 0.25) is 5.78 Å². The van der Waals surface area contributed by atoms with E-state index in [9.17, 15) is 4.79 Å². The second-order valence-electron chi connectivity index (χ2n) is 9.29. The van der Waals surface area contributed by atoms with Gasteiger partial charge in [-0.05, 0) is 63.9 Å². The zero-order chi connectivity index (χ0) is 22.3. The lowest BCUT2D eigenvalue weighted by atomic mass is 9.97. The molecule has 0 bridgehead atoms. The highest BCUT2D eigenvalue weighted by Gasteiger charge is 2.32. The lowest BCUT2D eigenvalue weighted by Crippen LogP contribution is -2.45. The molecule has 0 aromatic heterocycles. The summed E-state index contributed by atoms with van der Waals surface area (Å²) in [5.41, 5.74) is 5.21. The smallest absolute Gasteiger partial charge is 0.232 e. The van der Waals surface area contributed by atoms with E-state index in [1.165, 1.54) is 24.8 Å². The van der Waals surface area contributed by atoms with Crippen LogP contribution in [0.2, 0.25) is 0 Å². The number of carbonyl (C=O) groups is 1. The average Bonchev–Trinajstić information content (AvgIpc) is 3.35. The normalized spacial score (nSPS) is 19.2. The summed E-state index contributed by atoms with van der Waals surface area (Å²) in [5.74, 6) is 7.64. The van der Waals surface area contributed by atoms with Crippen molar-refractivity contribution in [2.75, 3.05) is 13.1 Å². The number of aliphatic imine (C=N–C) groups is 1. The summed E-state index contributed by atoms with van der Waals surface area (Å²) >= 11 is 0. The number of Topliss-reactive ketones (excluding diaryl/α,β-unsaturated/α-hetero) is 1. The quantitative estimate of drug-likeness (QED) is 0.499. The molecule has 0 aliphatic carbocycles. The fourth-order valence-corrected chi connectivity index (χ4v) is 4.66. The van der Waals surface area contributed by atoms with Crippen LogP contribution < -0.4 is 4.74 Å². The molecule has 3 aliphatic rings. The predicted molar refractivity (Wildman–Crippen MR) is 127 cm³/mol. The third-order valence-corrected chi connectivity index (χ3v) is 6.67. The molecule has 162 valence electrons. The van der Waals surface area contributed by atoms with Crippen LogP contribution in [0.4, 0.5) is 0 Å². The summed E-state index contributed by atoms with van der Waals surface area (Å²) in [6.07, 6.45) is 5.53. The number of hydrogen-bond acceptors (Lipinski definition) is 4. The van der Waals surface area contributed by atoms with E-state index in [0.717, 1.165) is 35.5 Å². The first-order valence-corrected chi connectivity index (χ1v) is 11.4. The average molecular weight is 425 g/mol. The van der Waals surface area contributed by atoms with Crippen molar-refractivity contribution in [3.05, 3.63) is 76.1 Å². The minimum Gasteiger partial charge on any atom is -0.451 e. The van der Waals surface area contributed by atoms with Gasteiger partial charge < -0.3 is 4.74 Å². The first kappa shape index (κ1) is 20.7. The van der Waals surface area contributed by atoms with Crippen LogP contribution in [0.25, 0.3) is 0 Å². The first-order valence-electron chi connectivity index (χ1n) is 11.4. The van der Waals surface area contributed by atoms with Gasteiger partial charge in [0.25, 0.3) is 0 Å². The molecule has 0 radical (unpaired) electrons. The monoisotopic (exact) mass is 424 g/mol. The van der Waals surface area contributed by atoms with Crippen molar-refractivity contribution in [2.24, 2.45) is 4.99 Å². The number of ketones is 1. The van der Waals surface area contributed by atoms with Crippen molar-refractivity contribution in [3.63, 3.8) is 0 Å². The molecule has 2 aromatic carbocycles. The number of allylic oxidation sites excluding steroid dienone is 2. The Balaban J connectivity index is 1.47. The molecule has 0 spiro atoms. The Morgan fingerprint density at radius 3 is 2.66 bits per heavy atom. The third kappa shape index (κ3) is 3.67. The molecule has 4 nitrogen and oxygen atoms in total. The van der Waals surface area contributed by atoms with Crippen LogP contribution in [0.1, 0.15) is 65.7 Å². The van der Waals surface area contributed by atoms with Gasteiger partial charge in [-0.2, -0.15) is 0 Å². The number of likely N-dealkylation sites (tertiary alicyclic amines) is 1. The summed E-state index contributed by atoms with van der Waals surface area (Å²) in [4.78, 5) is 20.2. The largest absolute Gasteiger partial charge is 0.451 e. The number of fused-ring (bicyclic) bond motifs is 2. The molecular formula is C28H28N2O2. The summed E-state index contributed by atoms with van der Waals surface area (Å²) in [6, 6.07) is 11.9. The van der Waals surface area contributed by atoms with E-state index in [1.807, 2.05) is 37.3 Å². The number of piperidine rings is 1. The highest BCUT2D eigenvalue weighted by Crippen LogP contribution is 2.36. The minimum absolute atomic E-state index is 0.106. The highest BCUT2D eigenvalue weighted by atomic mass is 16.5. The van der Waals surface area contributed by atoms with Gasteiger partial charge in [0, 0.05) is 11.6 Å². The second-order valence-corrected chi connectivity index (χ2v) is 9.29. The number of carbonyl (C=O) groups excluding carboxylic acids is 1. The number of rotatable bonds is 2. The lowest BCUT2D eigenvalue weighted by Gasteiger charge is -2.37. The van der Waals surface area contributed by atoms with Crippen molar-refractivity contribution in [1.82, 2.24) is 4.90 Å². The van der Waals surface area contributed by atoms with E-state index in [-0.39, 0.29) is 11.3 Å². The van der Waals surface area contributed by atoms with E-state index in [1.54, 1.807) is 6.08 Å². The van der Waals surface area contributed by atoms with Gasteiger partial charge in [-0.1, -0.05) is 48.6 Å². The molecular weight excluding hydrogens is 396 g/mol.